The van der Waals surface area contributed by atoms with Crippen LogP contribution < -0.4 is 5.32 Å². The first-order chi connectivity index (χ1) is 13.1. The second-order valence-corrected chi connectivity index (χ2v) is 7.48. The average Bonchev–Trinajstić information content (AvgIpc) is 3.28. The van der Waals surface area contributed by atoms with Crippen LogP contribution in [0.1, 0.15) is 48.8 Å². The van der Waals surface area contributed by atoms with Crippen LogP contribution in [0.2, 0.25) is 0 Å². The molecule has 2 atom stereocenters. The van der Waals surface area contributed by atoms with Crippen molar-refractivity contribution in [3.05, 3.63) is 71.3 Å². The summed E-state index contributed by atoms with van der Waals surface area (Å²) in [6.45, 7) is 2.88. The number of rotatable bonds is 5. The molecule has 2 aromatic carbocycles. The maximum absolute atomic E-state index is 11.4. The zero-order valence-electron chi connectivity index (χ0n) is 15.5. The van der Waals surface area contributed by atoms with Gasteiger partial charge in [-0.15, -0.1) is 0 Å². The number of carbonyl (C=O) groups excluding carboxylic acids is 1. The van der Waals surface area contributed by atoms with Crippen molar-refractivity contribution in [1.82, 2.24) is 5.32 Å². The van der Waals surface area contributed by atoms with Gasteiger partial charge < -0.3 is 14.9 Å². The quantitative estimate of drug-likeness (QED) is 0.633. The molecule has 2 fully saturated rings. The van der Waals surface area contributed by atoms with Gasteiger partial charge in [0.05, 0.1) is 11.3 Å². The van der Waals surface area contributed by atoms with Crippen molar-refractivity contribution in [2.45, 2.75) is 44.2 Å². The van der Waals surface area contributed by atoms with Crippen LogP contribution in [-0.2, 0) is 16.2 Å². The Hall–Kier alpha value is -2.82. The molecule has 1 saturated carbocycles. The lowest BCUT2D eigenvalue weighted by molar-refractivity contribution is 0.130. The van der Waals surface area contributed by atoms with Gasteiger partial charge >= 0.3 is 6.09 Å². The molecule has 140 valence electrons. The molecule has 1 amide bonds. The standard InChI is InChI=1S/C22H24N2O3/c1-16(18-5-3-2-4-6-18)24-27-14-17-7-9-19(10-8-17)20-11-12-22(13-20)15-26-21(25)23-22/h2-10,20H,11-15H2,1H3,(H,23,25)/b24-16+/t20-,22-/m1/s1. The lowest BCUT2D eigenvalue weighted by Gasteiger charge is -2.20. The van der Waals surface area contributed by atoms with Crippen LogP contribution in [0.4, 0.5) is 4.79 Å². The van der Waals surface area contributed by atoms with E-state index < -0.39 is 0 Å². The minimum Gasteiger partial charge on any atom is -0.447 e. The molecule has 1 aliphatic heterocycles. The number of ether oxygens (including phenoxy) is 1. The van der Waals surface area contributed by atoms with Crippen molar-refractivity contribution in [1.29, 1.82) is 0 Å². The molecule has 1 spiro atoms. The molecule has 2 aromatic rings. The highest BCUT2D eigenvalue weighted by Gasteiger charge is 2.45. The van der Waals surface area contributed by atoms with E-state index in [4.69, 9.17) is 9.57 Å². The Morgan fingerprint density at radius 3 is 2.70 bits per heavy atom. The van der Waals surface area contributed by atoms with Gasteiger partial charge in [-0.1, -0.05) is 59.8 Å². The fourth-order valence-electron chi connectivity index (χ4n) is 3.97. The van der Waals surface area contributed by atoms with Gasteiger partial charge in [-0.25, -0.2) is 4.79 Å². The monoisotopic (exact) mass is 364 g/mol. The SMILES string of the molecule is C/C(=N\OCc1ccc([C@@H]2CC[C@]3(COC(=O)N3)C2)cc1)c1ccccc1. The Labute approximate surface area is 159 Å². The normalized spacial score (nSPS) is 24.7. The molecule has 0 unspecified atom stereocenters. The van der Waals surface area contributed by atoms with Gasteiger partial charge in [0.1, 0.15) is 13.2 Å². The average molecular weight is 364 g/mol. The molecule has 0 radical (unpaired) electrons. The lowest BCUT2D eigenvalue weighted by atomic mass is 9.93. The molecule has 1 N–H and O–H groups in total. The van der Waals surface area contributed by atoms with E-state index >= 15 is 0 Å². The topological polar surface area (TPSA) is 59.9 Å². The largest absolute Gasteiger partial charge is 0.447 e. The highest BCUT2D eigenvalue weighted by molar-refractivity contribution is 5.98. The predicted octanol–water partition coefficient (Wildman–Crippen LogP) is 4.37. The van der Waals surface area contributed by atoms with E-state index in [0.717, 1.165) is 36.1 Å². The Balaban J connectivity index is 1.32. The highest BCUT2D eigenvalue weighted by atomic mass is 16.6. The summed E-state index contributed by atoms with van der Waals surface area (Å²) >= 11 is 0. The van der Waals surface area contributed by atoms with Crippen molar-refractivity contribution in [3.63, 3.8) is 0 Å². The zero-order valence-corrected chi connectivity index (χ0v) is 15.5. The molecule has 4 rings (SSSR count). The Kier molecular flexibility index (Phi) is 4.84. The van der Waals surface area contributed by atoms with Gasteiger partial charge in [-0.05, 0) is 48.8 Å². The van der Waals surface area contributed by atoms with E-state index in [0.29, 0.717) is 19.1 Å². The Morgan fingerprint density at radius 2 is 2.00 bits per heavy atom. The number of amides is 1. The minimum absolute atomic E-state index is 0.160. The molecule has 5 nitrogen and oxygen atoms in total. The van der Waals surface area contributed by atoms with Crippen molar-refractivity contribution >= 4 is 11.8 Å². The fraction of sp³-hybridized carbons (Fsp3) is 0.364. The number of nitrogens with zero attached hydrogens (tertiary/aromatic N) is 1. The van der Waals surface area contributed by atoms with Gasteiger partial charge in [0.15, 0.2) is 0 Å². The predicted molar refractivity (Wildman–Crippen MR) is 104 cm³/mol. The number of carbonyl (C=O) groups is 1. The van der Waals surface area contributed by atoms with Crippen molar-refractivity contribution in [2.75, 3.05) is 6.61 Å². The van der Waals surface area contributed by atoms with Crippen LogP contribution in [0.15, 0.2) is 59.8 Å². The molecule has 0 aromatic heterocycles. The van der Waals surface area contributed by atoms with Gasteiger partial charge in [-0.3, -0.25) is 0 Å². The Bertz CT molecular complexity index is 832. The number of hydrogen-bond acceptors (Lipinski definition) is 4. The fourth-order valence-corrected chi connectivity index (χ4v) is 3.97. The molecule has 1 aliphatic carbocycles. The van der Waals surface area contributed by atoms with Crippen LogP contribution in [0.25, 0.3) is 0 Å². The molecular weight excluding hydrogens is 340 g/mol. The second kappa shape index (κ2) is 7.43. The van der Waals surface area contributed by atoms with Crippen LogP contribution >= 0.6 is 0 Å². The number of nitrogens with one attached hydrogen (secondary N) is 1. The number of hydrogen-bond donors (Lipinski definition) is 1. The van der Waals surface area contributed by atoms with E-state index in [-0.39, 0.29) is 11.6 Å². The molecule has 1 saturated heterocycles. The third-order valence-corrected chi connectivity index (χ3v) is 5.53. The molecule has 2 aliphatic rings. The summed E-state index contributed by atoms with van der Waals surface area (Å²) in [5.74, 6) is 0.459. The van der Waals surface area contributed by atoms with Gasteiger partial charge in [0.2, 0.25) is 0 Å². The van der Waals surface area contributed by atoms with E-state index in [1.165, 1.54) is 5.56 Å². The first-order valence-corrected chi connectivity index (χ1v) is 9.39. The van der Waals surface area contributed by atoms with Crippen LogP contribution in [0.3, 0.4) is 0 Å². The maximum atomic E-state index is 11.4. The number of oxime groups is 1. The summed E-state index contributed by atoms with van der Waals surface area (Å²) < 4.78 is 5.11. The number of benzene rings is 2. The molecule has 0 bridgehead atoms. The van der Waals surface area contributed by atoms with Crippen LogP contribution in [-0.4, -0.2) is 24.0 Å². The molecule has 5 heteroatoms. The molecule has 1 heterocycles. The summed E-state index contributed by atoms with van der Waals surface area (Å²) in [6, 6.07) is 18.5. The van der Waals surface area contributed by atoms with E-state index in [9.17, 15) is 4.79 Å². The third kappa shape index (κ3) is 3.97. The third-order valence-electron chi connectivity index (χ3n) is 5.53. The van der Waals surface area contributed by atoms with E-state index in [1.54, 1.807) is 0 Å². The second-order valence-electron chi connectivity index (χ2n) is 7.48. The molecule has 27 heavy (non-hydrogen) atoms. The first-order valence-electron chi connectivity index (χ1n) is 9.39. The number of cyclic esters (lactones) is 1. The summed E-state index contributed by atoms with van der Waals surface area (Å²) in [4.78, 5) is 16.9. The summed E-state index contributed by atoms with van der Waals surface area (Å²) in [5, 5.41) is 7.20. The van der Waals surface area contributed by atoms with Gasteiger partial charge in [0.25, 0.3) is 0 Å². The maximum Gasteiger partial charge on any atom is 0.407 e. The summed E-state index contributed by atoms with van der Waals surface area (Å²) in [6.07, 6.45) is 2.70. The van der Waals surface area contributed by atoms with Crippen LogP contribution in [0, 0.1) is 0 Å². The lowest BCUT2D eigenvalue weighted by Crippen LogP contribution is -2.40. The summed E-state index contributed by atoms with van der Waals surface area (Å²) in [5.41, 5.74) is 4.16. The van der Waals surface area contributed by atoms with Gasteiger partial charge in [0, 0.05) is 0 Å². The van der Waals surface area contributed by atoms with Crippen LogP contribution in [0.5, 0.6) is 0 Å². The first kappa shape index (κ1) is 17.6. The van der Waals surface area contributed by atoms with E-state index in [1.807, 2.05) is 37.3 Å². The highest BCUT2D eigenvalue weighted by Crippen LogP contribution is 2.42. The van der Waals surface area contributed by atoms with Gasteiger partial charge in [-0.2, -0.15) is 0 Å². The minimum atomic E-state index is -0.283. The van der Waals surface area contributed by atoms with Crippen molar-refractivity contribution in [3.8, 4) is 0 Å². The van der Waals surface area contributed by atoms with Crippen molar-refractivity contribution < 1.29 is 14.4 Å². The summed E-state index contributed by atoms with van der Waals surface area (Å²) in [7, 11) is 0. The smallest absolute Gasteiger partial charge is 0.407 e. The Morgan fingerprint density at radius 1 is 1.22 bits per heavy atom. The molecular formula is C22H24N2O3. The van der Waals surface area contributed by atoms with Crippen molar-refractivity contribution in [2.24, 2.45) is 5.16 Å². The zero-order chi connectivity index (χ0) is 18.7. The number of alkyl carbamates (subject to hydrolysis) is 1. The van der Waals surface area contributed by atoms with E-state index in [2.05, 4.69) is 34.7 Å².